The van der Waals surface area contributed by atoms with Gasteiger partial charge in [-0.1, -0.05) is 6.08 Å². The molecule has 9 heavy (non-hydrogen) atoms. The highest BCUT2D eigenvalue weighted by Gasteiger charge is 2.36. The number of aliphatic hydroxyl groups excluding tert-OH is 1. The number of alkyl halides is 3. The van der Waals surface area contributed by atoms with E-state index in [1.807, 2.05) is 0 Å². The predicted octanol–water partition coefficient (Wildman–Crippen LogP) is 1.49. The van der Waals surface area contributed by atoms with Crippen LogP contribution >= 0.6 is 0 Å². The lowest BCUT2D eigenvalue weighted by Crippen LogP contribution is -2.27. The van der Waals surface area contributed by atoms with Crippen molar-refractivity contribution in [3.63, 3.8) is 0 Å². The first kappa shape index (κ1) is 8.49. The van der Waals surface area contributed by atoms with Crippen molar-refractivity contribution in [2.75, 3.05) is 0 Å². The van der Waals surface area contributed by atoms with E-state index < -0.39 is 18.7 Å². The molecule has 0 aromatic carbocycles. The number of rotatable bonds is 2. The number of hydrogen-bond acceptors (Lipinski definition) is 1. The van der Waals surface area contributed by atoms with E-state index in [9.17, 15) is 13.2 Å². The monoisotopic (exact) mass is 140 g/mol. The van der Waals surface area contributed by atoms with Crippen LogP contribution in [0.4, 0.5) is 13.2 Å². The molecule has 1 nitrogen and oxygen atoms in total. The fourth-order valence-electron chi connectivity index (χ4n) is 0.291. The highest BCUT2D eigenvalue weighted by Crippen LogP contribution is 2.21. The van der Waals surface area contributed by atoms with Crippen molar-refractivity contribution in [1.29, 1.82) is 0 Å². The summed E-state index contributed by atoms with van der Waals surface area (Å²) in [5.41, 5.74) is 0. The molecule has 0 saturated carbocycles. The summed E-state index contributed by atoms with van der Waals surface area (Å²) in [7, 11) is 0. The lowest BCUT2D eigenvalue weighted by Gasteiger charge is -2.10. The lowest BCUT2D eigenvalue weighted by atomic mass is 10.2. The maximum atomic E-state index is 11.3. The summed E-state index contributed by atoms with van der Waals surface area (Å²) in [5.74, 6) is 0. The highest BCUT2D eigenvalue weighted by molar-refractivity contribution is 4.76. The Balaban J connectivity index is 3.72. The first-order chi connectivity index (χ1) is 3.98. The van der Waals surface area contributed by atoms with Crippen molar-refractivity contribution >= 4 is 0 Å². The third-order valence-electron chi connectivity index (χ3n) is 0.768. The first-order valence-corrected chi connectivity index (χ1v) is 2.34. The van der Waals surface area contributed by atoms with Gasteiger partial charge in [-0.2, -0.15) is 13.2 Å². The molecule has 4 heteroatoms. The second kappa shape index (κ2) is 2.87. The molecule has 54 valence electrons. The van der Waals surface area contributed by atoms with Gasteiger partial charge in [0.1, 0.15) is 0 Å². The molecule has 0 amide bonds. The Morgan fingerprint density at radius 1 is 1.56 bits per heavy atom. The van der Waals surface area contributed by atoms with Crippen LogP contribution in [0, 0.1) is 0 Å². The Morgan fingerprint density at radius 3 is 2.11 bits per heavy atom. The maximum absolute atomic E-state index is 11.3. The summed E-state index contributed by atoms with van der Waals surface area (Å²) in [5, 5.41) is 8.19. The van der Waals surface area contributed by atoms with Crippen molar-refractivity contribution in [3.8, 4) is 0 Å². The molecule has 0 aliphatic carbocycles. The quantitative estimate of drug-likeness (QED) is 0.576. The zero-order valence-corrected chi connectivity index (χ0v) is 4.65. The Kier molecular flexibility index (Phi) is 2.70. The molecule has 0 aliphatic heterocycles. The van der Waals surface area contributed by atoms with E-state index in [0.717, 1.165) is 6.08 Å². The standard InChI is InChI=1S/C5H7F3O/c1-2-3-4(9)5(6,7)8/h2,4,9H,1,3H2. The molecule has 0 bridgehead atoms. The molecule has 0 radical (unpaired) electrons. The van der Waals surface area contributed by atoms with E-state index in [-0.39, 0.29) is 0 Å². The Labute approximate surface area is 50.8 Å². The van der Waals surface area contributed by atoms with Gasteiger partial charge >= 0.3 is 6.18 Å². The van der Waals surface area contributed by atoms with Crippen molar-refractivity contribution in [1.82, 2.24) is 0 Å². The predicted molar refractivity (Wildman–Crippen MR) is 26.9 cm³/mol. The van der Waals surface area contributed by atoms with Gasteiger partial charge in [0, 0.05) is 0 Å². The van der Waals surface area contributed by atoms with Gasteiger partial charge in [0.25, 0.3) is 0 Å². The summed E-state index contributed by atoms with van der Waals surface area (Å²) in [6.45, 7) is 3.05. The average Bonchev–Trinajstić information content (AvgIpc) is 1.64. The van der Waals surface area contributed by atoms with E-state index in [4.69, 9.17) is 5.11 Å². The average molecular weight is 140 g/mol. The topological polar surface area (TPSA) is 20.2 Å². The first-order valence-electron chi connectivity index (χ1n) is 2.34. The van der Waals surface area contributed by atoms with Gasteiger partial charge in [-0.05, 0) is 6.42 Å². The molecule has 0 spiro atoms. The van der Waals surface area contributed by atoms with Crippen molar-refractivity contribution in [3.05, 3.63) is 12.7 Å². The highest BCUT2D eigenvalue weighted by atomic mass is 19.4. The SMILES string of the molecule is C=CCC(O)C(F)(F)F. The van der Waals surface area contributed by atoms with Gasteiger partial charge in [-0.25, -0.2) is 0 Å². The van der Waals surface area contributed by atoms with Crippen molar-refractivity contribution in [2.45, 2.75) is 18.7 Å². The van der Waals surface area contributed by atoms with Gasteiger partial charge in [0.05, 0.1) is 0 Å². The van der Waals surface area contributed by atoms with E-state index in [1.165, 1.54) is 0 Å². The molecule has 0 aliphatic rings. The van der Waals surface area contributed by atoms with E-state index in [1.54, 1.807) is 0 Å². The zero-order chi connectivity index (χ0) is 7.49. The van der Waals surface area contributed by atoms with E-state index >= 15 is 0 Å². The molecular formula is C5H7F3O. The molecule has 1 N–H and O–H groups in total. The summed E-state index contributed by atoms with van der Waals surface area (Å²) in [6, 6.07) is 0. The molecule has 1 atom stereocenters. The summed E-state index contributed by atoms with van der Waals surface area (Å²) in [6.07, 6.45) is -6.18. The van der Waals surface area contributed by atoms with E-state index in [2.05, 4.69) is 6.58 Å². The van der Waals surface area contributed by atoms with Crippen LogP contribution in [0.3, 0.4) is 0 Å². The smallest absolute Gasteiger partial charge is 0.383 e. The molecule has 1 unspecified atom stereocenters. The third-order valence-corrected chi connectivity index (χ3v) is 0.768. The van der Waals surface area contributed by atoms with Crippen molar-refractivity contribution < 1.29 is 18.3 Å². The lowest BCUT2D eigenvalue weighted by molar-refractivity contribution is -0.202. The second-order valence-corrected chi connectivity index (χ2v) is 1.58. The molecular weight excluding hydrogens is 133 g/mol. The van der Waals surface area contributed by atoms with Gasteiger partial charge in [-0.3, -0.25) is 0 Å². The number of halogens is 3. The normalized spacial score (nSPS) is 15.1. The van der Waals surface area contributed by atoms with Gasteiger partial charge < -0.3 is 5.11 Å². The van der Waals surface area contributed by atoms with Crippen LogP contribution in [0.15, 0.2) is 12.7 Å². The van der Waals surface area contributed by atoms with Crippen LogP contribution in [-0.4, -0.2) is 17.4 Å². The molecule has 0 heterocycles. The molecule has 0 aromatic heterocycles. The van der Waals surface area contributed by atoms with Crippen LogP contribution in [-0.2, 0) is 0 Å². The second-order valence-electron chi connectivity index (χ2n) is 1.58. The van der Waals surface area contributed by atoms with Crippen LogP contribution in [0.25, 0.3) is 0 Å². The van der Waals surface area contributed by atoms with Crippen LogP contribution in [0.2, 0.25) is 0 Å². The summed E-state index contributed by atoms with van der Waals surface area (Å²) in [4.78, 5) is 0. The van der Waals surface area contributed by atoms with Crippen LogP contribution in [0.1, 0.15) is 6.42 Å². The fourth-order valence-corrected chi connectivity index (χ4v) is 0.291. The van der Waals surface area contributed by atoms with Crippen LogP contribution in [0.5, 0.6) is 0 Å². The zero-order valence-electron chi connectivity index (χ0n) is 4.65. The third kappa shape index (κ3) is 3.13. The fraction of sp³-hybridized carbons (Fsp3) is 0.600. The molecule has 0 saturated heterocycles. The Bertz CT molecular complexity index is 96.9. The summed E-state index contributed by atoms with van der Waals surface area (Å²) < 4.78 is 34.0. The minimum atomic E-state index is -4.51. The van der Waals surface area contributed by atoms with Gasteiger partial charge in [0.15, 0.2) is 6.10 Å². The number of hydrogen-bond donors (Lipinski definition) is 1. The summed E-state index contributed by atoms with van der Waals surface area (Å²) >= 11 is 0. The minimum absolute atomic E-state index is 0.441. The maximum Gasteiger partial charge on any atom is 0.414 e. The molecule has 0 aromatic rings. The largest absolute Gasteiger partial charge is 0.414 e. The van der Waals surface area contributed by atoms with Gasteiger partial charge in [-0.15, -0.1) is 6.58 Å². The van der Waals surface area contributed by atoms with E-state index in [0.29, 0.717) is 0 Å². The number of aliphatic hydroxyl groups is 1. The molecule has 0 fully saturated rings. The molecule has 0 rings (SSSR count). The van der Waals surface area contributed by atoms with Crippen molar-refractivity contribution in [2.24, 2.45) is 0 Å². The van der Waals surface area contributed by atoms with Crippen LogP contribution < -0.4 is 0 Å². The Morgan fingerprint density at radius 2 is 2.00 bits per heavy atom. The van der Waals surface area contributed by atoms with Gasteiger partial charge in [0.2, 0.25) is 0 Å². The Hall–Kier alpha value is -0.510. The minimum Gasteiger partial charge on any atom is -0.383 e.